The van der Waals surface area contributed by atoms with Crippen LogP contribution in [-0.4, -0.2) is 18.8 Å². The van der Waals surface area contributed by atoms with Crippen LogP contribution in [0.25, 0.3) is 0 Å². The number of ether oxygens (including phenoxy) is 1. The summed E-state index contributed by atoms with van der Waals surface area (Å²) in [6, 6.07) is 0.350. The predicted octanol–water partition coefficient (Wildman–Crippen LogP) is 1.29. The summed E-state index contributed by atoms with van der Waals surface area (Å²) in [7, 11) is 0. The van der Waals surface area contributed by atoms with Crippen LogP contribution in [0.1, 0.15) is 32.6 Å². The summed E-state index contributed by atoms with van der Waals surface area (Å²) >= 11 is 0. The molecule has 1 unspecified atom stereocenters. The van der Waals surface area contributed by atoms with Gasteiger partial charge in [0.15, 0.2) is 0 Å². The first-order valence-corrected chi connectivity index (χ1v) is 4.20. The molecule has 60 valence electrons. The van der Waals surface area contributed by atoms with Gasteiger partial charge in [-0.05, 0) is 25.7 Å². The molecule has 0 bridgehead atoms. The minimum Gasteiger partial charge on any atom is -0.378 e. The second-order valence-corrected chi connectivity index (χ2v) is 3.04. The van der Waals surface area contributed by atoms with Gasteiger partial charge in [-0.25, -0.2) is 0 Å². The molecule has 0 aromatic heterocycles. The van der Waals surface area contributed by atoms with E-state index in [-0.39, 0.29) is 0 Å². The van der Waals surface area contributed by atoms with Crippen molar-refractivity contribution in [1.82, 2.24) is 0 Å². The van der Waals surface area contributed by atoms with Crippen molar-refractivity contribution >= 4 is 0 Å². The van der Waals surface area contributed by atoms with Crippen molar-refractivity contribution in [2.75, 3.05) is 6.61 Å². The minimum absolute atomic E-state index is 0.350. The number of hydrogen-bond acceptors (Lipinski definition) is 2. The first kappa shape index (κ1) is 8.02. The summed E-state index contributed by atoms with van der Waals surface area (Å²) in [6.45, 7) is 3.07. The van der Waals surface area contributed by atoms with Gasteiger partial charge in [0.25, 0.3) is 0 Å². The second kappa shape index (κ2) is 3.94. The van der Waals surface area contributed by atoms with Gasteiger partial charge in [-0.1, -0.05) is 6.92 Å². The lowest BCUT2D eigenvalue weighted by atomic mass is 10.1. The summed E-state index contributed by atoms with van der Waals surface area (Å²) in [6.07, 6.45) is 5.03. The molecule has 1 aliphatic rings. The molecule has 2 heteroatoms. The van der Waals surface area contributed by atoms with Crippen LogP contribution in [0.4, 0.5) is 0 Å². The lowest BCUT2D eigenvalue weighted by molar-refractivity contribution is 0.0980. The molecule has 0 amide bonds. The minimum atomic E-state index is 0.350. The number of rotatable bonds is 3. The molecular weight excluding hydrogens is 126 g/mol. The Balaban J connectivity index is 2.11. The Morgan fingerprint density at radius 2 is 2.50 bits per heavy atom. The molecule has 1 aliphatic heterocycles. The monoisotopic (exact) mass is 143 g/mol. The van der Waals surface area contributed by atoms with E-state index in [4.69, 9.17) is 10.5 Å². The van der Waals surface area contributed by atoms with Crippen LogP contribution >= 0.6 is 0 Å². The van der Waals surface area contributed by atoms with E-state index in [1.54, 1.807) is 0 Å². The zero-order valence-electron chi connectivity index (χ0n) is 6.68. The van der Waals surface area contributed by atoms with Crippen molar-refractivity contribution < 1.29 is 4.74 Å². The molecule has 0 aromatic carbocycles. The van der Waals surface area contributed by atoms with Gasteiger partial charge in [-0.3, -0.25) is 0 Å². The molecule has 10 heavy (non-hydrogen) atoms. The smallest absolute Gasteiger partial charge is 0.0590 e. The van der Waals surface area contributed by atoms with E-state index < -0.39 is 0 Å². The van der Waals surface area contributed by atoms with Crippen molar-refractivity contribution in [3.8, 4) is 0 Å². The van der Waals surface area contributed by atoms with Gasteiger partial charge in [-0.15, -0.1) is 0 Å². The van der Waals surface area contributed by atoms with E-state index in [0.717, 1.165) is 19.4 Å². The highest BCUT2D eigenvalue weighted by Gasteiger charge is 2.17. The molecule has 0 spiro atoms. The quantitative estimate of drug-likeness (QED) is 0.646. The topological polar surface area (TPSA) is 35.2 Å². The largest absolute Gasteiger partial charge is 0.378 e. The van der Waals surface area contributed by atoms with Gasteiger partial charge in [0, 0.05) is 12.6 Å². The summed E-state index contributed by atoms with van der Waals surface area (Å²) in [5.74, 6) is 0. The maximum atomic E-state index is 5.77. The van der Waals surface area contributed by atoms with Gasteiger partial charge >= 0.3 is 0 Å². The highest BCUT2D eigenvalue weighted by Crippen LogP contribution is 2.16. The Morgan fingerprint density at radius 3 is 3.00 bits per heavy atom. The summed E-state index contributed by atoms with van der Waals surface area (Å²) in [5, 5.41) is 0. The normalized spacial score (nSPS) is 28.8. The SMILES string of the molecule is CC[C@@H](N)CC1CCCO1. The van der Waals surface area contributed by atoms with E-state index >= 15 is 0 Å². The average molecular weight is 143 g/mol. The molecule has 1 fully saturated rings. The van der Waals surface area contributed by atoms with E-state index in [1.165, 1.54) is 12.8 Å². The van der Waals surface area contributed by atoms with Crippen molar-refractivity contribution in [2.24, 2.45) is 5.73 Å². The summed E-state index contributed by atoms with van der Waals surface area (Å²) in [4.78, 5) is 0. The number of nitrogens with two attached hydrogens (primary N) is 1. The van der Waals surface area contributed by atoms with Crippen LogP contribution in [0, 0.1) is 0 Å². The fourth-order valence-corrected chi connectivity index (χ4v) is 1.33. The molecule has 1 heterocycles. The average Bonchev–Trinajstić information content (AvgIpc) is 2.40. The number of hydrogen-bond donors (Lipinski definition) is 1. The maximum absolute atomic E-state index is 5.77. The van der Waals surface area contributed by atoms with E-state index in [9.17, 15) is 0 Å². The van der Waals surface area contributed by atoms with Gasteiger partial charge in [-0.2, -0.15) is 0 Å². The molecule has 0 saturated carbocycles. The molecule has 0 aromatic rings. The maximum Gasteiger partial charge on any atom is 0.0590 e. The molecule has 2 nitrogen and oxygen atoms in total. The van der Waals surface area contributed by atoms with Crippen LogP contribution in [0.2, 0.25) is 0 Å². The molecule has 2 N–H and O–H groups in total. The van der Waals surface area contributed by atoms with E-state index in [2.05, 4.69) is 6.92 Å². The van der Waals surface area contributed by atoms with Crippen LogP contribution in [-0.2, 0) is 4.74 Å². The lowest BCUT2D eigenvalue weighted by Crippen LogP contribution is -2.24. The molecule has 2 atom stereocenters. The van der Waals surface area contributed by atoms with Crippen LogP contribution in [0.5, 0.6) is 0 Å². The molecule has 0 aliphatic carbocycles. The molecule has 1 rings (SSSR count). The Bertz CT molecular complexity index is 89.3. The Hall–Kier alpha value is -0.0800. The van der Waals surface area contributed by atoms with Crippen LogP contribution in [0.15, 0.2) is 0 Å². The molecule has 1 saturated heterocycles. The van der Waals surface area contributed by atoms with Crippen molar-refractivity contribution in [2.45, 2.75) is 44.8 Å². The van der Waals surface area contributed by atoms with E-state index in [1.807, 2.05) is 0 Å². The third-order valence-corrected chi connectivity index (χ3v) is 2.11. The first-order chi connectivity index (χ1) is 4.83. The second-order valence-electron chi connectivity index (χ2n) is 3.04. The predicted molar refractivity (Wildman–Crippen MR) is 41.9 cm³/mol. The van der Waals surface area contributed by atoms with Crippen LogP contribution < -0.4 is 5.73 Å². The summed E-state index contributed by atoms with van der Waals surface area (Å²) in [5.41, 5.74) is 5.77. The Morgan fingerprint density at radius 1 is 1.70 bits per heavy atom. The van der Waals surface area contributed by atoms with Gasteiger partial charge in [0.05, 0.1) is 6.10 Å². The lowest BCUT2D eigenvalue weighted by Gasteiger charge is -2.13. The van der Waals surface area contributed by atoms with Crippen LogP contribution in [0.3, 0.4) is 0 Å². The van der Waals surface area contributed by atoms with Gasteiger partial charge < -0.3 is 10.5 Å². The van der Waals surface area contributed by atoms with Crippen molar-refractivity contribution in [3.63, 3.8) is 0 Å². The third-order valence-electron chi connectivity index (χ3n) is 2.11. The third kappa shape index (κ3) is 2.27. The zero-order chi connectivity index (χ0) is 7.40. The van der Waals surface area contributed by atoms with Crippen molar-refractivity contribution in [1.29, 1.82) is 0 Å². The zero-order valence-corrected chi connectivity index (χ0v) is 6.68. The van der Waals surface area contributed by atoms with Crippen molar-refractivity contribution in [3.05, 3.63) is 0 Å². The highest BCUT2D eigenvalue weighted by atomic mass is 16.5. The highest BCUT2D eigenvalue weighted by molar-refractivity contribution is 4.70. The van der Waals surface area contributed by atoms with Gasteiger partial charge in [0.2, 0.25) is 0 Å². The molecule has 0 radical (unpaired) electrons. The van der Waals surface area contributed by atoms with Gasteiger partial charge in [0.1, 0.15) is 0 Å². The Labute approximate surface area is 62.7 Å². The fraction of sp³-hybridized carbons (Fsp3) is 1.00. The van der Waals surface area contributed by atoms with E-state index in [0.29, 0.717) is 12.1 Å². The fourth-order valence-electron chi connectivity index (χ4n) is 1.33. The first-order valence-electron chi connectivity index (χ1n) is 4.20. The summed E-state index contributed by atoms with van der Waals surface area (Å²) < 4.78 is 5.45. The standard InChI is InChI=1S/C8H17NO/c1-2-7(9)6-8-4-3-5-10-8/h7-8H,2-6,9H2,1H3/t7-,8?/m1/s1. The Kier molecular flexibility index (Phi) is 3.16. The molecular formula is C8H17NO.